The highest BCUT2D eigenvalue weighted by Gasteiger charge is 2.43. The van der Waals surface area contributed by atoms with Crippen molar-refractivity contribution in [1.82, 2.24) is 10.2 Å². The number of nitrogens with one attached hydrogen (secondary N) is 2. The number of halogens is 1. The topological polar surface area (TPSA) is 108 Å². The second-order valence-electron chi connectivity index (χ2n) is 12.7. The number of aromatic hydroxyl groups is 1. The van der Waals surface area contributed by atoms with Crippen molar-refractivity contribution in [1.29, 1.82) is 0 Å². The van der Waals surface area contributed by atoms with Crippen LogP contribution in [0.15, 0.2) is 66.7 Å². The molecule has 2 atom stereocenters. The average Bonchev–Trinajstić information content (AvgIpc) is 2.93. The summed E-state index contributed by atoms with van der Waals surface area (Å²) in [7, 11) is 0. The summed E-state index contributed by atoms with van der Waals surface area (Å²) in [4.78, 5) is 43.7. The Labute approximate surface area is 265 Å². The van der Waals surface area contributed by atoms with E-state index in [-0.39, 0.29) is 12.2 Å². The van der Waals surface area contributed by atoms with Gasteiger partial charge in [0.2, 0.25) is 5.91 Å². The van der Waals surface area contributed by atoms with E-state index in [4.69, 9.17) is 16.3 Å². The van der Waals surface area contributed by atoms with Gasteiger partial charge in [-0.2, -0.15) is 0 Å². The maximum absolute atomic E-state index is 14.8. The number of aryl methyl sites for hydroxylation is 2. The van der Waals surface area contributed by atoms with Crippen LogP contribution >= 0.6 is 11.6 Å². The van der Waals surface area contributed by atoms with E-state index in [2.05, 4.69) is 10.6 Å². The van der Waals surface area contributed by atoms with Gasteiger partial charge in [0.05, 0.1) is 10.7 Å². The number of hydrogen-bond donors (Lipinski definition) is 3. The van der Waals surface area contributed by atoms with Crippen molar-refractivity contribution < 1.29 is 24.2 Å². The Bertz CT molecular complexity index is 1440. The van der Waals surface area contributed by atoms with Crippen LogP contribution in [0.3, 0.4) is 0 Å². The molecule has 9 heteroatoms. The van der Waals surface area contributed by atoms with Crippen LogP contribution < -0.4 is 10.6 Å². The number of nitrogens with zero attached hydrogens (tertiary/aromatic N) is 1. The molecule has 0 aliphatic carbocycles. The molecule has 0 aromatic heterocycles. The molecule has 3 aromatic carbocycles. The van der Waals surface area contributed by atoms with Crippen molar-refractivity contribution in [3.05, 3.63) is 94.0 Å². The largest absolute Gasteiger partial charge is 0.508 e. The normalized spacial score (nSPS) is 13.0. The predicted molar refractivity (Wildman–Crippen MR) is 175 cm³/mol. The Morgan fingerprint density at radius 3 is 2.09 bits per heavy atom. The van der Waals surface area contributed by atoms with Gasteiger partial charge in [-0.1, -0.05) is 72.6 Å². The van der Waals surface area contributed by atoms with Gasteiger partial charge in [0.1, 0.15) is 23.4 Å². The van der Waals surface area contributed by atoms with Crippen LogP contribution in [-0.4, -0.2) is 45.1 Å². The summed E-state index contributed by atoms with van der Waals surface area (Å²) >= 11 is 6.49. The van der Waals surface area contributed by atoms with Crippen LogP contribution in [0.25, 0.3) is 0 Å². The van der Waals surface area contributed by atoms with Crippen molar-refractivity contribution in [2.24, 2.45) is 0 Å². The zero-order valence-electron chi connectivity index (χ0n) is 26.8. The molecule has 44 heavy (non-hydrogen) atoms. The fraction of sp³-hybridized carbons (Fsp3) is 0.400. The highest BCUT2D eigenvalue weighted by molar-refractivity contribution is 6.34. The van der Waals surface area contributed by atoms with Gasteiger partial charge in [-0.05, 0) is 89.8 Å². The molecule has 0 aliphatic rings. The summed E-state index contributed by atoms with van der Waals surface area (Å²) in [6.45, 7) is 14.7. The first-order valence-electron chi connectivity index (χ1n) is 14.8. The van der Waals surface area contributed by atoms with Crippen LogP contribution in [0.1, 0.15) is 76.3 Å². The summed E-state index contributed by atoms with van der Waals surface area (Å²) < 4.78 is 5.52. The molecule has 0 bridgehead atoms. The number of alkyl carbamates (subject to hydrolysis) is 1. The predicted octanol–water partition coefficient (Wildman–Crippen LogP) is 7.50. The Kier molecular flexibility index (Phi) is 11.1. The molecule has 3 N–H and O–H groups in total. The van der Waals surface area contributed by atoms with Crippen molar-refractivity contribution in [3.63, 3.8) is 0 Å². The second kappa shape index (κ2) is 14.2. The third kappa shape index (κ3) is 8.99. The zero-order valence-corrected chi connectivity index (χ0v) is 27.6. The van der Waals surface area contributed by atoms with Gasteiger partial charge in [0.15, 0.2) is 0 Å². The van der Waals surface area contributed by atoms with Crippen LogP contribution in [0.5, 0.6) is 5.75 Å². The number of phenols is 1. The second-order valence-corrected chi connectivity index (χ2v) is 13.1. The number of phenolic OH excluding ortho intramolecular Hbond substituents is 1. The maximum Gasteiger partial charge on any atom is 0.408 e. The molecule has 3 rings (SSSR count). The lowest BCUT2D eigenvalue weighted by Crippen LogP contribution is -2.59. The summed E-state index contributed by atoms with van der Waals surface area (Å²) in [5.41, 5.74) is 1.92. The molecule has 0 spiro atoms. The van der Waals surface area contributed by atoms with Crippen molar-refractivity contribution in [2.45, 2.75) is 91.5 Å². The van der Waals surface area contributed by atoms with Gasteiger partial charge >= 0.3 is 6.09 Å². The molecule has 3 amide bonds. The Morgan fingerprint density at radius 2 is 1.55 bits per heavy atom. The lowest BCUT2D eigenvalue weighted by molar-refractivity contribution is -0.147. The first kappa shape index (κ1) is 34.5. The molecule has 8 nitrogen and oxygen atoms in total. The molecule has 3 aromatic rings. The number of hydrogen-bond acceptors (Lipinski definition) is 5. The Morgan fingerprint density at radius 1 is 0.932 bits per heavy atom. The SMILES string of the molecule is CCC(C)(C)N(C(=O)C(Cc1ccc(O)cc1)NC(=O)OC(C)(C)C)C(C(=O)Nc1c(C)cccc1Cl)c1ccc(C)cc1. The number of anilines is 1. The molecule has 0 heterocycles. The van der Waals surface area contributed by atoms with Gasteiger partial charge in [0.25, 0.3) is 5.91 Å². The molecular weight excluding hydrogens is 578 g/mol. The monoisotopic (exact) mass is 621 g/mol. The lowest BCUT2D eigenvalue weighted by Gasteiger charge is -2.44. The van der Waals surface area contributed by atoms with E-state index in [1.807, 2.05) is 65.0 Å². The summed E-state index contributed by atoms with van der Waals surface area (Å²) in [5.74, 6) is -0.829. The first-order valence-corrected chi connectivity index (χ1v) is 15.1. The van der Waals surface area contributed by atoms with Crippen molar-refractivity contribution in [3.8, 4) is 5.75 Å². The van der Waals surface area contributed by atoms with Crippen LogP contribution in [0, 0.1) is 13.8 Å². The number of carbonyl (C=O) groups is 3. The van der Waals surface area contributed by atoms with Gasteiger partial charge in [0, 0.05) is 12.0 Å². The number of ether oxygens (including phenoxy) is 1. The zero-order chi connectivity index (χ0) is 32.8. The summed E-state index contributed by atoms with van der Waals surface area (Å²) in [5, 5.41) is 16.0. The molecule has 236 valence electrons. The molecule has 0 saturated carbocycles. The lowest BCUT2D eigenvalue weighted by atomic mass is 9.91. The maximum atomic E-state index is 14.8. The van der Waals surface area contributed by atoms with E-state index in [0.29, 0.717) is 28.3 Å². The van der Waals surface area contributed by atoms with Crippen LogP contribution in [-0.2, 0) is 20.7 Å². The number of rotatable bonds is 10. The number of carbonyl (C=O) groups excluding carboxylic acids is 3. The molecule has 0 fully saturated rings. The van der Waals surface area contributed by atoms with E-state index in [9.17, 15) is 19.5 Å². The van der Waals surface area contributed by atoms with E-state index in [1.165, 1.54) is 12.1 Å². The molecule has 0 saturated heterocycles. The number of amides is 3. The molecule has 0 radical (unpaired) electrons. The highest BCUT2D eigenvalue weighted by atomic mass is 35.5. The van der Waals surface area contributed by atoms with Crippen molar-refractivity contribution in [2.75, 3.05) is 5.32 Å². The third-order valence-electron chi connectivity index (χ3n) is 7.49. The summed E-state index contributed by atoms with van der Waals surface area (Å²) in [6.07, 6.45) is -0.148. The quantitative estimate of drug-likeness (QED) is 0.217. The van der Waals surface area contributed by atoms with Gasteiger partial charge in [-0.25, -0.2) is 4.79 Å². The van der Waals surface area contributed by atoms with Gasteiger partial charge in [-0.3, -0.25) is 9.59 Å². The average molecular weight is 622 g/mol. The standard InChI is InChI=1S/C35H44ClN3O5/c1-9-35(7,8)39(32(42)28(37-33(43)44-34(4,5)6)21-24-15-19-26(40)20-16-24)30(25-17-13-22(2)14-18-25)31(41)38-29-23(3)11-10-12-27(29)36/h10-20,28,30,40H,9,21H2,1-8H3,(H,37,43)(H,38,41). The Hall–Kier alpha value is -4.04. The smallest absolute Gasteiger partial charge is 0.408 e. The minimum absolute atomic E-state index is 0.0800. The van der Waals surface area contributed by atoms with Gasteiger partial charge in [-0.15, -0.1) is 0 Å². The minimum Gasteiger partial charge on any atom is -0.508 e. The van der Waals surface area contributed by atoms with Crippen molar-refractivity contribution >= 4 is 35.2 Å². The highest BCUT2D eigenvalue weighted by Crippen LogP contribution is 2.35. The summed E-state index contributed by atoms with van der Waals surface area (Å²) in [6, 6.07) is 17.0. The third-order valence-corrected chi connectivity index (χ3v) is 7.80. The molecule has 2 unspecified atom stereocenters. The number of para-hydroxylation sites is 1. The van der Waals surface area contributed by atoms with E-state index in [1.54, 1.807) is 49.9 Å². The van der Waals surface area contributed by atoms with Gasteiger partial charge < -0.3 is 25.4 Å². The van der Waals surface area contributed by atoms with E-state index >= 15 is 0 Å². The molecule has 0 aliphatic heterocycles. The van der Waals surface area contributed by atoms with Crippen LogP contribution in [0.4, 0.5) is 10.5 Å². The fourth-order valence-electron chi connectivity index (χ4n) is 4.78. The van der Waals surface area contributed by atoms with Crippen LogP contribution in [0.2, 0.25) is 5.02 Å². The minimum atomic E-state index is -1.09. The molecular formula is C35H44ClN3O5. The fourth-order valence-corrected chi connectivity index (χ4v) is 5.05. The number of benzene rings is 3. The van der Waals surface area contributed by atoms with E-state index < -0.39 is 41.1 Å². The first-order chi connectivity index (χ1) is 20.5. The van der Waals surface area contributed by atoms with E-state index in [0.717, 1.165) is 11.1 Å². The Balaban J connectivity index is 2.16.